The van der Waals surface area contributed by atoms with Crippen molar-refractivity contribution in [1.29, 1.82) is 0 Å². The summed E-state index contributed by atoms with van der Waals surface area (Å²) in [5.74, 6) is 0.428. The first kappa shape index (κ1) is 20.9. The van der Waals surface area contributed by atoms with Gasteiger partial charge >= 0.3 is 6.18 Å². The number of nitrogens with one attached hydrogen (secondary N) is 1. The van der Waals surface area contributed by atoms with Crippen molar-refractivity contribution in [2.45, 2.75) is 18.6 Å². The Morgan fingerprint density at radius 1 is 1.16 bits per heavy atom. The first-order valence-corrected chi connectivity index (χ1v) is 10.2. The maximum atomic E-state index is 12.9. The number of nitrogens with zero attached hydrogens (tertiary/aromatic N) is 2. The Morgan fingerprint density at radius 2 is 1.87 bits per heavy atom. The molecule has 2 aromatic carbocycles. The van der Waals surface area contributed by atoms with Crippen molar-refractivity contribution in [3.63, 3.8) is 0 Å². The van der Waals surface area contributed by atoms with E-state index in [1.807, 2.05) is 53.4 Å². The molecular weight excluding hydrogens is 427 g/mol. The molecule has 160 valence electrons. The zero-order valence-electron chi connectivity index (χ0n) is 16.4. The molecule has 2 heterocycles. The Labute approximate surface area is 180 Å². The molecule has 0 aliphatic rings. The lowest BCUT2D eigenvalue weighted by molar-refractivity contribution is -0.137. The van der Waals surface area contributed by atoms with Crippen molar-refractivity contribution < 1.29 is 22.7 Å². The first-order valence-electron chi connectivity index (χ1n) is 9.37. The summed E-state index contributed by atoms with van der Waals surface area (Å²) in [6, 6.07) is 14.3. The zero-order valence-corrected chi connectivity index (χ0v) is 17.2. The number of aromatic nitrogens is 2. The van der Waals surface area contributed by atoms with Crippen molar-refractivity contribution >= 4 is 32.6 Å². The topological polar surface area (TPSA) is 56.1 Å². The van der Waals surface area contributed by atoms with Gasteiger partial charge in [0, 0.05) is 12.4 Å². The second kappa shape index (κ2) is 8.43. The van der Waals surface area contributed by atoms with Crippen molar-refractivity contribution in [3.8, 4) is 5.75 Å². The average Bonchev–Trinajstić information content (AvgIpc) is 3.40. The highest BCUT2D eigenvalue weighted by Crippen LogP contribution is 2.34. The summed E-state index contributed by atoms with van der Waals surface area (Å²) in [6.07, 6.45) is -0.550. The van der Waals surface area contributed by atoms with Crippen LogP contribution in [-0.2, 0) is 11.0 Å². The van der Waals surface area contributed by atoms with E-state index in [-0.39, 0.29) is 23.5 Å². The van der Waals surface area contributed by atoms with Crippen molar-refractivity contribution in [1.82, 2.24) is 9.55 Å². The molecule has 0 saturated carbocycles. The lowest BCUT2D eigenvalue weighted by Crippen LogP contribution is -2.19. The van der Waals surface area contributed by atoms with Gasteiger partial charge in [0.1, 0.15) is 5.75 Å². The minimum atomic E-state index is -4.43. The highest BCUT2D eigenvalue weighted by atomic mass is 32.1. The Balaban J connectivity index is 1.53. The normalized spacial score (nSPS) is 12.6. The number of halogens is 3. The van der Waals surface area contributed by atoms with Crippen molar-refractivity contribution in [2.75, 3.05) is 12.4 Å². The van der Waals surface area contributed by atoms with E-state index in [2.05, 4.69) is 10.3 Å². The summed E-state index contributed by atoms with van der Waals surface area (Å²) >= 11 is 1.01. The van der Waals surface area contributed by atoms with E-state index >= 15 is 0 Å². The molecular formula is C22H18F3N3O2S. The Hall–Kier alpha value is -3.33. The third-order valence-corrected chi connectivity index (χ3v) is 5.76. The molecule has 0 spiro atoms. The van der Waals surface area contributed by atoms with Crippen molar-refractivity contribution in [3.05, 3.63) is 78.1 Å². The first-order chi connectivity index (χ1) is 14.8. The number of alkyl halides is 3. The van der Waals surface area contributed by atoms with Gasteiger partial charge < -0.3 is 14.6 Å². The molecule has 0 fully saturated rings. The lowest BCUT2D eigenvalue weighted by Gasteiger charge is -2.19. The number of rotatable bonds is 6. The Morgan fingerprint density at radius 3 is 2.52 bits per heavy atom. The molecule has 1 N–H and O–H groups in total. The van der Waals surface area contributed by atoms with Gasteiger partial charge in [-0.3, -0.25) is 4.79 Å². The summed E-state index contributed by atoms with van der Waals surface area (Å²) in [6.45, 7) is 0. The summed E-state index contributed by atoms with van der Waals surface area (Å²) in [4.78, 5) is 17.0. The third kappa shape index (κ3) is 4.72. The number of fused-ring (bicyclic) bond motifs is 1. The van der Waals surface area contributed by atoms with Gasteiger partial charge in [-0.05, 0) is 48.0 Å². The van der Waals surface area contributed by atoms with E-state index in [0.29, 0.717) is 16.0 Å². The molecule has 9 heteroatoms. The maximum absolute atomic E-state index is 12.9. The zero-order chi connectivity index (χ0) is 22.0. The Kier molecular flexibility index (Phi) is 5.69. The molecule has 4 aromatic rings. The largest absolute Gasteiger partial charge is 0.497 e. The minimum Gasteiger partial charge on any atom is -0.497 e. The molecule has 1 amide bonds. The van der Waals surface area contributed by atoms with Crippen LogP contribution in [0.2, 0.25) is 0 Å². The Bertz CT molecular complexity index is 1190. The van der Waals surface area contributed by atoms with E-state index < -0.39 is 11.7 Å². The van der Waals surface area contributed by atoms with Crippen LogP contribution in [0, 0.1) is 0 Å². The van der Waals surface area contributed by atoms with Crippen molar-refractivity contribution in [2.24, 2.45) is 0 Å². The van der Waals surface area contributed by atoms with E-state index in [9.17, 15) is 18.0 Å². The number of carbonyl (C=O) groups excluding carboxylic acids is 1. The quantitative estimate of drug-likeness (QED) is 0.412. The number of thiazole rings is 1. The SMILES string of the molecule is COc1ccc(C(CC(=O)Nc2nc3ccc(C(F)(F)F)cc3s2)n2cccc2)cc1. The number of benzene rings is 2. The van der Waals surface area contributed by atoms with E-state index in [0.717, 1.165) is 29.0 Å². The van der Waals surface area contributed by atoms with Crippen LogP contribution in [0.15, 0.2) is 67.0 Å². The number of carbonyl (C=O) groups is 1. The molecule has 0 bridgehead atoms. The number of ether oxygens (including phenoxy) is 1. The van der Waals surface area contributed by atoms with Crippen LogP contribution < -0.4 is 10.1 Å². The van der Waals surface area contributed by atoms with Gasteiger partial charge in [0.25, 0.3) is 0 Å². The molecule has 0 radical (unpaired) electrons. The number of amides is 1. The molecule has 1 unspecified atom stereocenters. The van der Waals surface area contributed by atoms with Crippen LogP contribution in [0.5, 0.6) is 5.75 Å². The molecule has 4 rings (SSSR count). The van der Waals surface area contributed by atoms with Gasteiger partial charge in [-0.1, -0.05) is 23.5 Å². The van der Waals surface area contributed by atoms with Crippen LogP contribution in [0.25, 0.3) is 10.2 Å². The van der Waals surface area contributed by atoms with Gasteiger partial charge in [-0.15, -0.1) is 0 Å². The van der Waals surface area contributed by atoms with E-state index in [4.69, 9.17) is 4.74 Å². The highest BCUT2D eigenvalue weighted by molar-refractivity contribution is 7.22. The molecule has 5 nitrogen and oxygen atoms in total. The lowest BCUT2D eigenvalue weighted by atomic mass is 10.0. The minimum absolute atomic E-state index is 0.130. The van der Waals surface area contributed by atoms with Crippen LogP contribution in [0.3, 0.4) is 0 Å². The fourth-order valence-electron chi connectivity index (χ4n) is 3.28. The van der Waals surface area contributed by atoms with Crippen LogP contribution in [-0.4, -0.2) is 22.6 Å². The van der Waals surface area contributed by atoms with Crippen LogP contribution in [0.1, 0.15) is 23.6 Å². The van der Waals surface area contributed by atoms with Gasteiger partial charge in [0.05, 0.1) is 35.4 Å². The monoisotopic (exact) mass is 445 g/mol. The van der Waals surface area contributed by atoms with Crippen LogP contribution >= 0.6 is 11.3 Å². The second-order valence-electron chi connectivity index (χ2n) is 6.87. The number of anilines is 1. The molecule has 1 atom stereocenters. The fourth-order valence-corrected chi connectivity index (χ4v) is 4.20. The molecule has 0 aliphatic heterocycles. The summed E-state index contributed by atoms with van der Waals surface area (Å²) in [7, 11) is 1.58. The number of methoxy groups -OCH3 is 1. The molecule has 31 heavy (non-hydrogen) atoms. The number of hydrogen-bond donors (Lipinski definition) is 1. The van der Waals surface area contributed by atoms with Gasteiger partial charge in [-0.2, -0.15) is 13.2 Å². The molecule has 0 aliphatic carbocycles. The highest BCUT2D eigenvalue weighted by Gasteiger charge is 2.30. The molecule has 2 aromatic heterocycles. The summed E-state index contributed by atoms with van der Waals surface area (Å²) in [5, 5.41) is 2.99. The van der Waals surface area contributed by atoms with Gasteiger partial charge in [-0.25, -0.2) is 4.98 Å². The predicted molar refractivity (Wildman–Crippen MR) is 113 cm³/mol. The molecule has 0 saturated heterocycles. The van der Waals surface area contributed by atoms with E-state index in [1.165, 1.54) is 6.07 Å². The summed E-state index contributed by atoms with van der Waals surface area (Å²) < 4.78 is 46.3. The van der Waals surface area contributed by atoms with E-state index in [1.54, 1.807) is 7.11 Å². The van der Waals surface area contributed by atoms with Crippen LogP contribution in [0.4, 0.5) is 18.3 Å². The van der Waals surface area contributed by atoms with Gasteiger partial charge in [0.15, 0.2) is 5.13 Å². The third-order valence-electron chi connectivity index (χ3n) is 4.83. The number of hydrogen-bond acceptors (Lipinski definition) is 4. The standard InChI is InChI=1S/C22H18F3N3O2S/c1-30-16-7-4-14(5-8-16)18(28-10-2-3-11-28)13-20(29)27-21-26-17-9-6-15(22(23,24)25)12-19(17)31-21/h2-12,18H,13H2,1H3,(H,26,27,29). The van der Waals surface area contributed by atoms with Gasteiger partial charge in [0.2, 0.25) is 5.91 Å². The smallest absolute Gasteiger partial charge is 0.416 e. The maximum Gasteiger partial charge on any atom is 0.416 e. The average molecular weight is 445 g/mol. The summed E-state index contributed by atoms with van der Waals surface area (Å²) in [5.41, 5.74) is 0.588. The predicted octanol–water partition coefficient (Wildman–Crippen LogP) is 5.74. The fraction of sp³-hybridized carbons (Fsp3) is 0.182. The second-order valence-corrected chi connectivity index (χ2v) is 7.90.